The lowest BCUT2D eigenvalue weighted by molar-refractivity contribution is -0.272. The van der Waals surface area contributed by atoms with E-state index in [1.54, 1.807) is 0 Å². The van der Waals surface area contributed by atoms with Gasteiger partial charge in [-0.1, -0.05) is 0 Å². The highest BCUT2D eigenvalue weighted by molar-refractivity contribution is 6.02. The van der Waals surface area contributed by atoms with E-state index in [1.807, 2.05) is 0 Å². The Morgan fingerprint density at radius 1 is 0.811 bits per heavy atom. The van der Waals surface area contributed by atoms with Crippen LogP contribution < -0.4 is 5.32 Å². The van der Waals surface area contributed by atoms with Gasteiger partial charge in [-0.15, -0.1) is 0 Å². The minimum atomic E-state index is -1.26. The van der Waals surface area contributed by atoms with Crippen LogP contribution in [0.15, 0.2) is 0 Å². The molecule has 3 fully saturated rings. The van der Waals surface area contributed by atoms with Crippen LogP contribution in [-0.2, 0) is 52.5 Å². The van der Waals surface area contributed by atoms with Crippen LogP contribution in [0.2, 0.25) is 0 Å². The molecule has 0 aromatic rings. The summed E-state index contributed by atoms with van der Waals surface area (Å²) in [5.74, 6) is -2.93. The minimum Gasteiger partial charge on any atom is -0.463 e. The second kappa shape index (κ2) is 12.5. The summed E-state index contributed by atoms with van der Waals surface area (Å²) < 4.78 is 27.3. The van der Waals surface area contributed by atoms with Gasteiger partial charge in [0, 0.05) is 52.6 Å². The lowest BCUT2D eigenvalue weighted by Gasteiger charge is -2.46. The minimum absolute atomic E-state index is 0.157. The smallest absolute Gasteiger partial charge is 0.304 e. The fraction of sp³-hybridized carbons (Fsp3) is 0.750. The summed E-state index contributed by atoms with van der Waals surface area (Å²) in [5, 5.41) is 3.32. The molecule has 0 radical (unpaired) electrons. The fourth-order valence-corrected chi connectivity index (χ4v) is 5.12. The highest BCUT2D eigenvalue weighted by Crippen LogP contribution is 2.32. The number of rotatable bonds is 8. The van der Waals surface area contributed by atoms with Crippen molar-refractivity contribution in [1.82, 2.24) is 10.2 Å². The Balaban J connectivity index is 1.81. The highest BCUT2D eigenvalue weighted by Gasteiger charge is 2.52. The van der Waals surface area contributed by atoms with Crippen LogP contribution in [0.4, 0.5) is 0 Å². The number of hydrogen-bond donors (Lipinski definition) is 1. The lowest BCUT2D eigenvalue weighted by atomic mass is 9.88. The Labute approximate surface area is 214 Å². The Morgan fingerprint density at radius 3 is 1.86 bits per heavy atom. The van der Waals surface area contributed by atoms with E-state index < -0.39 is 54.5 Å². The number of likely N-dealkylation sites (tertiary alicyclic amines) is 1. The van der Waals surface area contributed by atoms with Gasteiger partial charge in [-0.25, -0.2) is 0 Å². The zero-order valence-corrected chi connectivity index (χ0v) is 21.4. The molecule has 1 saturated carbocycles. The van der Waals surface area contributed by atoms with E-state index in [1.165, 1.54) is 32.6 Å². The molecule has 1 N–H and O–H groups in total. The number of carbonyl (C=O) groups excluding carboxylic acids is 6. The van der Waals surface area contributed by atoms with Gasteiger partial charge < -0.3 is 29.0 Å². The van der Waals surface area contributed by atoms with Gasteiger partial charge in [-0.2, -0.15) is 0 Å². The van der Waals surface area contributed by atoms with Gasteiger partial charge in [-0.05, 0) is 25.7 Å². The molecule has 5 unspecified atom stereocenters. The second-order valence-electron chi connectivity index (χ2n) is 9.46. The first kappa shape index (κ1) is 28.5. The van der Waals surface area contributed by atoms with Crippen LogP contribution in [0.1, 0.15) is 66.2 Å². The number of nitrogens with zero attached hydrogens (tertiary/aromatic N) is 1. The van der Waals surface area contributed by atoms with Gasteiger partial charge in [0.05, 0.1) is 0 Å². The standard InChI is InChI=1S/C24H34N2O11/c1-12(27)33-11-18-22(34-13(2)28)23(35-14(3)29)21(24(37-18)36-15(4)30)25-16-5-7-17(8-6-16)26-19(31)9-10-20(26)32/h16-18,21-25H,5-11H2,1-4H3. The molecule has 2 saturated heterocycles. The molecular formula is C24H34N2O11. The summed E-state index contributed by atoms with van der Waals surface area (Å²) >= 11 is 0. The van der Waals surface area contributed by atoms with Crippen molar-refractivity contribution in [3.63, 3.8) is 0 Å². The van der Waals surface area contributed by atoms with Crippen molar-refractivity contribution in [2.45, 2.75) is 109 Å². The number of hydrogen-bond acceptors (Lipinski definition) is 12. The monoisotopic (exact) mass is 526 g/mol. The molecule has 5 atom stereocenters. The van der Waals surface area contributed by atoms with E-state index in [0.29, 0.717) is 25.7 Å². The van der Waals surface area contributed by atoms with E-state index in [-0.39, 0.29) is 43.3 Å². The summed E-state index contributed by atoms with van der Waals surface area (Å²) in [7, 11) is 0. The Bertz CT molecular complexity index is 898. The maximum atomic E-state index is 12.1. The molecule has 2 aliphatic heterocycles. The summed E-state index contributed by atoms with van der Waals surface area (Å²) in [4.78, 5) is 72.9. The van der Waals surface area contributed by atoms with Crippen LogP contribution in [0.25, 0.3) is 0 Å². The van der Waals surface area contributed by atoms with Crippen LogP contribution in [0, 0.1) is 0 Å². The van der Waals surface area contributed by atoms with E-state index in [0.717, 1.165) is 0 Å². The number of nitrogens with one attached hydrogen (secondary N) is 1. The molecule has 37 heavy (non-hydrogen) atoms. The molecule has 3 rings (SSSR count). The first-order valence-corrected chi connectivity index (χ1v) is 12.4. The number of imide groups is 1. The fourth-order valence-electron chi connectivity index (χ4n) is 5.12. The quantitative estimate of drug-likeness (QED) is 0.258. The molecule has 2 heterocycles. The van der Waals surface area contributed by atoms with Gasteiger partial charge in [0.2, 0.25) is 18.1 Å². The van der Waals surface area contributed by atoms with Crippen LogP contribution >= 0.6 is 0 Å². The van der Waals surface area contributed by atoms with Gasteiger partial charge in [-0.3, -0.25) is 33.7 Å². The average molecular weight is 527 g/mol. The highest BCUT2D eigenvalue weighted by atomic mass is 16.7. The van der Waals surface area contributed by atoms with Gasteiger partial charge in [0.25, 0.3) is 0 Å². The zero-order chi connectivity index (χ0) is 27.3. The van der Waals surface area contributed by atoms with Crippen molar-refractivity contribution < 1.29 is 52.5 Å². The van der Waals surface area contributed by atoms with Crippen molar-refractivity contribution in [2.75, 3.05) is 6.61 Å². The lowest BCUT2D eigenvalue weighted by Crippen LogP contribution is -2.67. The molecule has 0 aromatic carbocycles. The topological polar surface area (TPSA) is 164 Å². The number of carbonyl (C=O) groups is 6. The molecular weight excluding hydrogens is 492 g/mol. The summed E-state index contributed by atoms with van der Waals surface area (Å²) in [6, 6.07) is -1.28. The summed E-state index contributed by atoms with van der Waals surface area (Å²) in [6.45, 7) is 4.42. The summed E-state index contributed by atoms with van der Waals surface area (Å²) in [6.07, 6.45) is -1.88. The normalized spacial score (nSPS) is 32.0. The SMILES string of the molecule is CC(=O)OCC1OC(OC(C)=O)C(NC2CCC(N3C(=O)CCC3=O)CC2)C(OC(C)=O)C1OC(C)=O. The van der Waals surface area contributed by atoms with E-state index in [2.05, 4.69) is 5.32 Å². The molecule has 0 bridgehead atoms. The predicted molar refractivity (Wildman–Crippen MR) is 122 cm³/mol. The molecule has 1 aliphatic carbocycles. The Kier molecular flexibility index (Phi) is 9.60. The van der Waals surface area contributed by atoms with Crippen LogP contribution in [0.5, 0.6) is 0 Å². The average Bonchev–Trinajstić information content (AvgIpc) is 3.14. The van der Waals surface area contributed by atoms with Crippen molar-refractivity contribution >= 4 is 35.7 Å². The van der Waals surface area contributed by atoms with Gasteiger partial charge in [0.1, 0.15) is 18.8 Å². The second-order valence-corrected chi connectivity index (χ2v) is 9.46. The first-order chi connectivity index (χ1) is 17.5. The van der Waals surface area contributed by atoms with Gasteiger partial charge in [0.15, 0.2) is 12.2 Å². The number of esters is 4. The third-order valence-corrected chi connectivity index (χ3v) is 6.56. The predicted octanol–water partition coefficient (Wildman–Crippen LogP) is 0.119. The zero-order valence-electron chi connectivity index (χ0n) is 21.4. The van der Waals surface area contributed by atoms with Crippen LogP contribution in [-0.4, -0.2) is 89.9 Å². The molecule has 206 valence electrons. The van der Waals surface area contributed by atoms with Gasteiger partial charge >= 0.3 is 23.9 Å². The van der Waals surface area contributed by atoms with Crippen LogP contribution in [0.3, 0.4) is 0 Å². The van der Waals surface area contributed by atoms with Crippen molar-refractivity contribution in [1.29, 1.82) is 0 Å². The maximum absolute atomic E-state index is 12.1. The maximum Gasteiger partial charge on any atom is 0.304 e. The first-order valence-electron chi connectivity index (χ1n) is 12.4. The largest absolute Gasteiger partial charge is 0.463 e. The number of ether oxygens (including phenoxy) is 5. The van der Waals surface area contributed by atoms with E-state index in [9.17, 15) is 28.8 Å². The third kappa shape index (κ3) is 7.48. The number of amides is 2. The third-order valence-electron chi connectivity index (χ3n) is 6.56. The van der Waals surface area contributed by atoms with Crippen molar-refractivity contribution in [3.05, 3.63) is 0 Å². The molecule has 13 nitrogen and oxygen atoms in total. The van der Waals surface area contributed by atoms with E-state index >= 15 is 0 Å². The molecule has 0 aromatic heterocycles. The Morgan fingerprint density at radius 2 is 1.35 bits per heavy atom. The van der Waals surface area contributed by atoms with E-state index in [4.69, 9.17) is 23.7 Å². The Hall–Kier alpha value is -3.06. The van der Waals surface area contributed by atoms with Crippen molar-refractivity contribution in [2.24, 2.45) is 0 Å². The molecule has 3 aliphatic rings. The molecule has 0 spiro atoms. The summed E-state index contributed by atoms with van der Waals surface area (Å²) in [5.41, 5.74) is 0. The molecule has 13 heteroatoms. The molecule has 2 amide bonds. The van der Waals surface area contributed by atoms with Crippen molar-refractivity contribution in [3.8, 4) is 0 Å².